The Balaban J connectivity index is 0.933. The topological polar surface area (TPSA) is 93.2 Å². The van der Waals surface area contributed by atoms with Crippen molar-refractivity contribution in [1.29, 1.82) is 0 Å². The number of likely N-dealkylation sites (tertiary alicyclic amines) is 2. The molecule has 6 aliphatic carbocycles. The molecule has 9 rings (SSSR count). The van der Waals surface area contributed by atoms with Gasteiger partial charge in [0.05, 0.1) is 24.5 Å². The zero-order valence-electron chi connectivity index (χ0n) is 41.4. The van der Waals surface area contributed by atoms with Crippen molar-refractivity contribution in [2.45, 2.75) is 184 Å². The van der Waals surface area contributed by atoms with E-state index in [0.717, 1.165) is 102 Å². The summed E-state index contributed by atoms with van der Waals surface area (Å²) >= 11 is 0. The van der Waals surface area contributed by atoms with E-state index in [1.54, 1.807) is 6.92 Å². The van der Waals surface area contributed by atoms with Gasteiger partial charge < -0.3 is 14.4 Å². The molecule has 64 heavy (non-hydrogen) atoms. The number of fused-ring (bicyclic) bond motifs is 7. The molecule has 12 atom stereocenters. The molecule has 7 fully saturated rings. The van der Waals surface area contributed by atoms with Crippen molar-refractivity contribution < 1.29 is 28.7 Å². The van der Waals surface area contributed by atoms with Gasteiger partial charge in [-0.05, 0) is 159 Å². The normalized spacial score (nSPS) is 41.2. The van der Waals surface area contributed by atoms with Crippen molar-refractivity contribution in [2.75, 3.05) is 26.2 Å². The van der Waals surface area contributed by atoms with Crippen LogP contribution in [0.3, 0.4) is 0 Å². The quantitative estimate of drug-likeness (QED) is 0.204. The van der Waals surface area contributed by atoms with Crippen LogP contribution in [-0.2, 0) is 35.3 Å². The first-order valence-electron chi connectivity index (χ1n) is 25.9. The number of amides is 1. The highest BCUT2D eigenvalue weighted by molar-refractivity contribution is 6.07. The zero-order chi connectivity index (χ0) is 45.8. The van der Waals surface area contributed by atoms with E-state index in [1.807, 2.05) is 6.07 Å². The fourth-order valence-electron chi connectivity index (χ4n) is 17.4. The van der Waals surface area contributed by atoms with Crippen LogP contribution in [0.4, 0.5) is 0 Å². The fraction of sp³-hybridized carbons (Fsp3) is 0.786. The van der Waals surface area contributed by atoms with E-state index in [9.17, 15) is 14.4 Å². The number of nitrogens with zero attached hydrogens (tertiary/aromatic N) is 2. The maximum atomic E-state index is 15.7. The Labute approximate surface area is 385 Å². The smallest absolute Gasteiger partial charge is 0.309 e. The number of esters is 1. The summed E-state index contributed by atoms with van der Waals surface area (Å²) in [5.41, 5.74) is 2.31. The molecule has 0 unspecified atom stereocenters. The van der Waals surface area contributed by atoms with Crippen LogP contribution in [0.15, 0.2) is 41.5 Å². The highest BCUT2D eigenvalue weighted by Gasteiger charge is 2.71. The maximum Gasteiger partial charge on any atom is 0.309 e. The number of hydrogen-bond acceptors (Lipinski definition) is 7. The summed E-state index contributed by atoms with van der Waals surface area (Å²) in [4.78, 5) is 61.2. The van der Waals surface area contributed by atoms with Gasteiger partial charge in [-0.2, -0.15) is 0 Å². The molecule has 0 aromatic heterocycles. The van der Waals surface area contributed by atoms with E-state index in [1.165, 1.54) is 11.1 Å². The predicted molar refractivity (Wildman–Crippen MR) is 251 cm³/mol. The third-order valence-electron chi connectivity index (χ3n) is 21.1. The Morgan fingerprint density at radius 2 is 1.48 bits per heavy atom. The second-order valence-electron chi connectivity index (χ2n) is 24.9. The summed E-state index contributed by atoms with van der Waals surface area (Å²) < 4.78 is 12.8. The van der Waals surface area contributed by atoms with Crippen LogP contribution in [0.1, 0.15) is 165 Å². The van der Waals surface area contributed by atoms with Crippen LogP contribution >= 0.6 is 0 Å². The number of hydrogen-bond donors (Lipinski definition) is 0. The Morgan fingerprint density at radius 1 is 0.766 bits per heavy atom. The van der Waals surface area contributed by atoms with E-state index in [4.69, 9.17) is 9.47 Å². The molecule has 2 aliphatic heterocycles. The van der Waals surface area contributed by atoms with Crippen LogP contribution in [0.25, 0.3) is 0 Å². The van der Waals surface area contributed by atoms with E-state index >= 15 is 4.79 Å². The average molecular weight is 879 g/mol. The first-order chi connectivity index (χ1) is 30.2. The number of ether oxygens (including phenoxy) is 2. The first kappa shape index (κ1) is 46.3. The second kappa shape index (κ2) is 16.4. The van der Waals surface area contributed by atoms with Gasteiger partial charge in [0.25, 0.3) is 0 Å². The summed E-state index contributed by atoms with van der Waals surface area (Å²) in [7, 11) is 0. The zero-order valence-corrected chi connectivity index (χ0v) is 41.4. The third kappa shape index (κ3) is 6.99. The van der Waals surface area contributed by atoms with Gasteiger partial charge in [0.1, 0.15) is 11.9 Å². The van der Waals surface area contributed by atoms with Crippen molar-refractivity contribution >= 4 is 23.4 Å². The van der Waals surface area contributed by atoms with Crippen LogP contribution in [-0.4, -0.2) is 77.7 Å². The molecular weight excluding hydrogens is 797 g/mol. The van der Waals surface area contributed by atoms with Gasteiger partial charge in [-0.15, -0.1) is 0 Å². The Bertz CT molecular complexity index is 2040. The predicted octanol–water partition coefficient (Wildman–Crippen LogP) is 10.8. The monoisotopic (exact) mass is 879 g/mol. The van der Waals surface area contributed by atoms with Gasteiger partial charge >= 0.3 is 5.97 Å². The van der Waals surface area contributed by atoms with Crippen molar-refractivity contribution in [2.24, 2.45) is 68.0 Å². The van der Waals surface area contributed by atoms with Gasteiger partial charge in [0.2, 0.25) is 5.91 Å². The van der Waals surface area contributed by atoms with Gasteiger partial charge in [0, 0.05) is 42.9 Å². The molecule has 2 heterocycles. The highest BCUT2D eigenvalue weighted by atomic mass is 16.5. The van der Waals surface area contributed by atoms with Gasteiger partial charge in [0.15, 0.2) is 5.78 Å². The molecule has 8 aliphatic rings. The molecule has 1 aromatic rings. The summed E-state index contributed by atoms with van der Waals surface area (Å²) in [5.74, 6) is 1.49. The van der Waals surface area contributed by atoms with Crippen LogP contribution in [0.5, 0.6) is 0 Å². The van der Waals surface area contributed by atoms with E-state index in [2.05, 4.69) is 96.4 Å². The van der Waals surface area contributed by atoms with Gasteiger partial charge in [-0.3, -0.25) is 24.1 Å². The lowest BCUT2D eigenvalue weighted by atomic mass is 9.33. The number of ketones is 2. The summed E-state index contributed by atoms with van der Waals surface area (Å²) in [6, 6.07) is 11.0. The number of allylic oxidation sites excluding steroid dienone is 1. The fourth-order valence-corrected chi connectivity index (χ4v) is 17.4. The van der Waals surface area contributed by atoms with Crippen molar-refractivity contribution in [3.8, 4) is 0 Å². The average Bonchev–Trinajstić information content (AvgIpc) is 3.96. The minimum absolute atomic E-state index is 0.0305. The van der Waals surface area contributed by atoms with E-state index in [-0.39, 0.29) is 86.3 Å². The lowest BCUT2D eigenvalue weighted by Gasteiger charge is -2.72. The largest absolute Gasteiger partial charge is 0.462 e. The highest BCUT2D eigenvalue weighted by Crippen LogP contribution is 2.77. The van der Waals surface area contributed by atoms with Crippen LogP contribution in [0, 0.1) is 68.0 Å². The number of carbonyl (C=O) groups is 4. The first-order valence-corrected chi connectivity index (χ1v) is 25.9. The second-order valence-corrected chi connectivity index (χ2v) is 24.9. The molecule has 0 bridgehead atoms. The Hall–Kier alpha value is -2.84. The van der Waals surface area contributed by atoms with Crippen LogP contribution < -0.4 is 0 Å². The van der Waals surface area contributed by atoms with Gasteiger partial charge in [-0.25, -0.2) is 0 Å². The minimum atomic E-state index is -0.722. The summed E-state index contributed by atoms with van der Waals surface area (Å²) in [5, 5.41) is 0. The van der Waals surface area contributed by atoms with Crippen molar-refractivity contribution in [1.82, 2.24) is 9.80 Å². The molecule has 8 nitrogen and oxygen atoms in total. The molecule has 0 N–H and O–H groups in total. The molecule has 1 amide bonds. The van der Waals surface area contributed by atoms with Crippen molar-refractivity contribution in [3.63, 3.8) is 0 Å². The Kier molecular flexibility index (Phi) is 11.9. The summed E-state index contributed by atoms with van der Waals surface area (Å²) in [6.07, 6.45) is 13.2. The van der Waals surface area contributed by atoms with E-state index < -0.39 is 5.41 Å². The molecule has 2 saturated heterocycles. The molecule has 0 radical (unpaired) electrons. The maximum absolute atomic E-state index is 15.7. The van der Waals surface area contributed by atoms with Crippen LogP contribution in [0.2, 0.25) is 0 Å². The lowest BCUT2D eigenvalue weighted by molar-refractivity contribution is -0.236. The number of rotatable bonds is 11. The van der Waals surface area contributed by atoms with Gasteiger partial charge in [-0.1, -0.05) is 92.6 Å². The SMILES string of the molecule is CC(=O)[C@@H]1C[C@H](C(=O)O[C@H]2CC[C@]3(C)[C@H]4CC[C@@H]5C6=C(C(C)C)C(=O)C[C@]6(C(=O)N6CCC[C@H]6CN6CCC[C@H]6COCc6ccccc6)CC[C@@]5(C)[C@]4(C)CC[C@H]3C2(C)C)C1(C)C. The lowest BCUT2D eigenvalue weighted by Crippen LogP contribution is -2.66. The number of carbonyl (C=O) groups excluding carboxylic acids is 4. The third-order valence-corrected chi connectivity index (χ3v) is 21.1. The van der Waals surface area contributed by atoms with Crippen molar-refractivity contribution in [3.05, 3.63) is 47.0 Å². The number of benzene rings is 1. The molecule has 1 aromatic carbocycles. The summed E-state index contributed by atoms with van der Waals surface area (Å²) in [6.45, 7) is 26.7. The number of Topliss-reactive ketones (excluding diaryl/α,β-unsaturated/α-hetero) is 2. The Morgan fingerprint density at radius 3 is 2.19 bits per heavy atom. The molecule has 352 valence electrons. The molecular formula is C56H82N2O6. The molecule has 8 heteroatoms. The minimum Gasteiger partial charge on any atom is -0.462 e. The van der Waals surface area contributed by atoms with E-state index in [0.29, 0.717) is 43.9 Å². The molecule has 5 saturated carbocycles. The molecule has 0 spiro atoms. The standard InChI is InChI=1S/C56H82N2O6/c1-35(2)47-43(60)31-56(50(62)58-29-15-18-38(58)32-57-28-14-19-39(57)34-63-33-37-16-12-11-13-17-37)27-26-54(9)40(48(47)56)20-21-45-53(8)24-23-46(52(6,7)44(53)22-25-55(45,54)10)64-49(61)42-30-41(36(3)59)51(42,4)5/h11-13,16-17,35,38-42,44-46H,14-15,18-34H2,1-10H3/t38-,39-,40+,41-,42+,44-,45+,46-,53-,54+,55+,56+/m0/s1.